The molecule has 0 bridgehead atoms. The molecule has 36 heavy (non-hydrogen) atoms. The lowest BCUT2D eigenvalue weighted by Gasteiger charge is -2.21. The van der Waals surface area contributed by atoms with E-state index in [0.29, 0.717) is 22.9 Å². The van der Waals surface area contributed by atoms with Crippen LogP contribution in [-0.2, 0) is 0 Å². The van der Waals surface area contributed by atoms with Crippen LogP contribution in [0.3, 0.4) is 0 Å². The van der Waals surface area contributed by atoms with Crippen LogP contribution in [0, 0.1) is 22.1 Å². The van der Waals surface area contributed by atoms with Gasteiger partial charge in [-0.3, -0.25) is 0 Å². The van der Waals surface area contributed by atoms with E-state index >= 15 is 0 Å². The van der Waals surface area contributed by atoms with Gasteiger partial charge in [-0.25, -0.2) is 4.98 Å². The molecule has 184 valence electrons. The predicted octanol–water partition coefficient (Wildman–Crippen LogP) is 5.29. The lowest BCUT2D eigenvalue weighted by Crippen LogP contribution is -2.26. The van der Waals surface area contributed by atoms with Crippen LogP contribution in [0.25, 0.3) is 10.2 Å². The van der Waals surface area contributed by atoms with E-state index in [4.69, 9.17) is 10.8 Å². The first kappa shape index (κ1) is 26.0. The van der Waals surface area contributed by atoms with Gasteiger partial charge >= 0.3 is 6.18 Å². The average molecular weight is 512 g/mol. The number of nitrogens with zero attached hydrogens (tertiary/aromatic N) is 5. The van der Waals surface area contributed by atoms with E-state index in [1.807, 2.05) is 6.07 Å². The highest BCUT2D eigenvalue weighted by molar-refractivity contribution is 7.16. The molecule has 4 N–H and O–H groups in total. The van der Waals surface area contributed by atoms with Gasteiger partial charge in [0, 0.05) is 35.3 Å². The first-order chi connectivity index (χ1) is 17.3. The Labute approximate surface area is 208 Å². The fourth-order valence-corrected chi connectivity index (χ4v) is 3.86. The molecular weight excluding hydrogens is 491 g/mol. The molecule has 0 spiro atoms. The molecule has 0 amide bonds. The molecule has 2 aromatic heterocycles. The van der Waals surface area contributed by atoms with E-state index in [0.717, 1.165) is 17.5 Å². The van der Waals surface area contributed by atoms with E-state index in [2.05, 4.69) is 25.8 Å². The molecule has 0 radical (unpaired) electrons. The number of nitrogens with one attached hydrogen (secondary N) is 4. The third-order valence-electron chi connectivity index (χ3n) is 4.57. The Morgan fingerprint density at radius 3 is 2.78 bits per heavy atom. The van der Waals surface area contributed by atoms with Gasteiger partial charge in [0.25, 0.3) is 0 Å². The van der Waals surface area contributed by atoms with Crippen LogP contribution in [0.2, 0.25) is 0 Å². The second kappa shape index (κ2) is 11.7. The van der Waals surface area contributed by atoms with E-state index < -0.39 is 17.4 Å². The highest BCUT2D eigenvalue weighted by atomic mass is 32.1. The minimum Gasteiger partial charge on any atom is -0.354 e. The number of alkyl halides is 3. The molecule has 0 atom stereocenters. The molecule has 13 heteroatoms. The Bertz CT molecular complexity index is 1370. The number of thiophene rings is 1. The Kier molecular flexibility index (Phi) is 8.48. The van der Waals surface area contributed by atoms with Crippen LogP contribution in [0.4, 0.5) is 18.9 Å². The summed E-state index contributed by atoms with van der Waals surface area (Å²) in [5.74, 6) is 0. The maximum Gasteiger partial charge on any atom is 0.431 e. The number of allylic oxidation sites excluding steroid dienone is 6. The number of rotatable bonds is 9. The van der Waals surface area contributed by atoms with E-state index in [9.17, 15) is 18.4 Å². The summed E-state index contributed by atoms with van der Waals surface area (Å²) in [6, 6.07) is 5.05. The second-order valence-electron chi connectivity index (χ2n) is 7.00. The number of hydrazone groups is 2. The smallest absolute Gasteiger partial charge is 0.354 e. The third kappa shape index (κ3) is 6.30. The van der Waals surface area contributed by atoms with Gasteiger partial charge in [0.05, 0.1) is 35.6 Å². The van der Waals surface area contributed by atoms with Crippen LogP contribution < -0.4 is 10.6 Å². The summed E-state index contributed by atoms with van der Waals surface area (Å²) in [5.41, 5.74) is -1.07. The fraction of sp³-hybridized carbons (Fsp3) is 0.130. The van der Waals surface area contributed by atoms with Crippen molar-refractivity contribution in [1.29, 1.82) is 16.1 Å². The van der Waals surface area contributed by atoms with Gasteiger partial charge in [-0.05, 0) is 30.0 Å². The van der Waals surface area contributed by atoms with Crippen molar-refractivity contribution in [1.82, 2.24) is 15.4 Å². The Balaban J connectivity index is 2.06. The zero-order chi connectivity index (χ0) is 26.1. The number of hydrogen-bond acceptors (Lipinski definition) is 10. The summed E-state index contributed by atoms with van der Waals surface area (Å²) in [7, 11) is 0. The number of hydrogen-bond donors (Lipinski definition) is 4. The Hall–Kier alpha value is -4.57. The Morgan fingerprint density at radius 1 is 1.31 bits per heavy atom. The normalized spacial score (nSPS) is 15.1. The van der Waals surface area contributed by atoms with Crippen molar-refractivity contribution in [3.05, 3.63) is 70.3 Å². The minimum absolute atomic E-state index is 0.00521. The summed E-state index contributed by atoms with van der Waals surface area (Å²) < 4.78 is 42.8. The highest BCUT2D eigenvalue weighted by Gasteiger charge is 2.37. The van der Waals surface area contributed by atoms with Crippen molar-refractivity contribution in [3.8, 4) is 6.07 Å². The minimum atomic E-state index is -4.82. The molecule has 0 saturated carbocycles. The number of pyridine rings is 1. The molecular formula is C23H20F3N9S. The van der Waals surface area contributed by atoms with Crippen molar-refractivity contribution in [2.75, 3.05) is 5.32 Å². The van der Waals surface area contributed by atoms with Gasteiger partial charge < -0.3 is 21.5 Å². The SMILES string of the molecule is CC/C=C(NC1=CC(C#N)=CN(/N=C\C=N)N=C1)\C(C=N)=C(\Nc1ccnc2sccc12)C(F)(F)F. The average Bonchev–Trinajstić information content (AvgIpc) is 3.25. The quantitative estimate of drug-likeness (QED) is 0.268. The first-order valence-electron chi connectivity index (χ1n) is 10.4. The summed E-state index contributed by atoms with van der Waals surface area (Å²) in [4.78, 5) is 4.73. The lowest BCUT2D eigenvalue weighted by atomic mass is 10.1. The zero-order valence-corrected chi connectivity index (χ0v) is 19.7. The van der Waals surface area contributed by atoms with Crippen LogP contribution in [0.1, 0.15) is 13.3 Å². The summed E-state index contributed by atoms with van der Waals surface area (Å²) in [5, 5.41) is 40.8. The van der Waals surface area contributed by atoms with Crippen molar-refractivity contribution in [2.24, 2.45) is 10.2 Å². The number of halogens is 3. The summed E-state index contributed by atoms with van der Waals surface area (Å²) in [6.07, 6.45) is 5.07. The number of fused-ring (bicyclic) bond motifs is 1. The molecule has 0 aliphatic carbocycles. The summed E-state index contributed by atoms with van der Waals surface area (Å²) >= 11 is 1.30. The molecule has 0 fully saturated rings. The molecule has 9 nitrogen and oxygen atoms in total. The van der Waals surface area contributed by atoms with Crippen LogP contribution in [0.15, 0.2) is 80.5 Å². The fourth-order valence-electron chi connectivity index (χ4n) is 3.10. The van der Waals surface area contributed by atoms with Crippen molar-refractivity contribution in [2.45, 2.75) is 19.5 Å². The van der Waals surface area contributed by atoms with E-state index in [-0.39, 0.29) is 22.7 Å². The third-order valence-corrected chi connectivity index (χ3v) is 5.39. The monoisotopic (exact) mass is 511 g/mol. The van der Waals surface area contributed by atoms with Crippen LogP contribution >= 0.6 is 11.3 Å². The lowest BCUT2D eigenvalue weighted by molar-refractivity contribution is -0.0906. The second-order valence-corrected chi connectivity index (χ2v) is 7.89. The van der Waals surface area contributed by atoms with Gasteiger partial charge in [0.1, 0.15) is 16.6 Å². The molecule has 1 aliphatic rings. The van der Waals surface area contributed by atoms with Crippen molar-refractivity contribution >= 4 is 52.1 Å². The molecule has 3 heterocycles. The summed E-state index contributed by atoms with van der Waals surface area (Å²) in [6.45, 7) is 1.74. The van der Waals surface area contributed by atoms with Gasteiger partial charge in [0.2, 0.25) is 0 Å². The molecule has 2 aromatic rings. The maximum absolute atomic E-state index is 14.3. The van der Waals surface area contributed by atoms with E-state index in [1.54, 1.807) is 18.4 Å². The van der Waals surface area contributed by atoms with Crippen LogP contribution in [0.5, 0.6) is 0 Å². The number of anilines is 1. The molecule has 1 aliphatic heterocycles. The Morgan fingerprint density at radius 2 is 2.11 bits per heavy atom. The zero-order valence-electron chi connectivity index (χ0n) is 18.8. The first-order valence-corrected chi connectivity index (χ1v) is 11.3. The highest BCUT2D eigenvalue weighted by Crippen LogP contribution is 2.34. The largest absolute Gasteiger partial charge is 0.431 e. The topological polar surface area (TPSA) is 136 Å². The van der Waals surface area contributed by atoms with Crippen molar-refractivity contribution in [3.63, 3.8) is 0 Å². The molecule has 0 aromatic carbocycles. The maximum atomic E-state index is 14.3. The van der Waals surface area contributed by atoms with Gasteiger partial charge in [-0.15, -0.1) is 11.3 Å². The predicted molar refractivity (Wildman–Crippen MR) is 136 cm³/mol. The van der Waals surface area contributed by atoms with E-state index in [1.165, 1.54) is 48.2 Å². The number of nitriles is 1. The van der Waals surface area contributed by atoms with Crippen molar-refractivity contribution < 1.29 is 13.2 Å². The molecule has 0 unspecified atom stereocenters. The molecule has 3 rings (SSSR count). The van der Waals surface area contributed by atoms with Gasteiger partial charge in [-0.1, -0.05) is 13.0 Å². The van der Waals surface area contributed by atoms with Gasteiger partial charge in [-0.2, -0.15) is 33.8 Å². The number of aromatic nitrogens is 1. The van der Waals surface area contributed by atoms with Crippen LogP contribution in [-0.4, -0.2) is 41.1 Å². The standard InChI is InChI=1S/C23H20F3N9S/c1-2-3-19(33-16-10-15(11-28)14-35(32-13-16)31-8-6-27)18(12-29)21(23(24,25)26)34-20-4-7-30-22-17(20)5-9-36-22/h3-10,12-14,27,29,33H,2H2,1H3,(H,30,34)/b19-3+,21-18+,27-6?,29-12?,31-8-. The van der Waals surface area contributed by atoms with Gasteiger partial charge in [0.15, 0.2) is 0 Å². The molecule has 0 saturated heterocycles.